The molecule has 2 amide bonds. The first-order valence-electron chi connectivity index (χ1n) is 7.63. The van der Waals surface area contributed by atoms with E-state index in [1.165, 1.54) is 6.20 Å². The Morgan fingerprint density at radius 1 is 1.33 bits per heavy atom. The molecule has 6 nitrogen and oxygen atoms in total. The molecule has 24 heavy (non-hydrogen) atoms. The predicted molar refractivity (Wildman–Crippen MR) is 91.2 cm³/mol. The average Bonchev–Trinajstić information content (AvgIpc) is 2.50. The van der Waals surface area contributed by atoms with Gasteiger partial charge in [0.25, 0.3) is 0 Å². The van der Waals surface area contributed by atoms with E-state index >= 15 is 0 Å². The number of nitriles is 1. The highest BCUT2D eigenvalue weighted by Gasteiger charge is 2.34. The van der Waals surface area contributed by atoms with Crippen LogP contribution in [0.15, 0.2) is 36.5 Å². The number of hydrogen-bond acceptors (Lipinski definition) is 3. The van der Waals surface area contributed by atoms with Crippen LogP contribution in [0.25, 0.3) is 0 Å². The largest absolute Gasteiger partial charge is 0.465 e. The standard InChI is InChI=1S/C18H23N3O3/c1-13(21(17(23)24)18(2,3)4)16(22)20-11-5-6-14-7-9-15(12-19)10-8-14/h5,7-11,13H,6H2,1-4H3,(H,20,22)(H,23,24)/b11-5+. The second kappa shape index (κ2) is 8.16. The summed E-state index contributed by atoms with van der Waals surface area (Å²) in [4.78, 5) is 24.6. The van der Waals surface area contributed by atoms with E-state index in [4.69, 9.17) is 5.26 Å². The van der Waals surface area contributed by atoms with Gasteiger partial charge in [-0.3, -0.25) is 9.69 Å². The zero-order valence-electron chi connectivity index (χ0n) is 14.4. The minimum Gasteiger partial charge on any atom is -0.465 e. The third kappa shape index (κ3) is 5.43. The van der Waals surface area contributed by atoms with E-state index < -0.39 is 17.7 Å². The fourth-order valence-electron chi connectivity index (χ4n) is 2.32. The number of allylic oxidation sites excluding steroid dienone is 1. The lowest BCUT2D eigenvalue weighted by Crippen LogP contribution is -2.54. The topological polar surface area (TPSA) is 93.4 Å². The van der Waals surface area contributed by atoms with E-state index in [0.717, 1.165) is 10.5 Å². The lowest BCUT2D eigenvalue weighted by Gasteiger charge is -2.36. The molecule has 0 aliphatic rings. The first-order valence-corrected chi connectivity index (χ1v) is 7.63. The van der Waals surface area contributed by atoms with Crippen LogP contribution in [-0.4, -0.2) is 33.6 Å². The van der Waals surface area contributed by atoms with Crippen molar-refractivity contribution in [2.24, 2.45) is 0 Å². The van der Waals surface area contributed by atoms with E-state index in [-0.39, 0.29) is 5.91 Å². The van der Waals surface area contributed by atoms with Gasteiger partial charge in [0.2, 0.25) is 5.91 Å². The Labute approximate surface area is 142 Å². The Morgan fingerprint density at radius 3 is 2.38 bits per heavy atom. The van der Waals surface area contributed by atoms with Crippen LogP contribution in [0.1, 0.15) is 38.8 Å². The molecule has 128 valence electrons. The van der Waals surface area contributed by atoms with E-state index in [0.29, 0.717) is 12.0 Å². The molecule has 0 aliphatic heterocycles. The number of amides is 2. The highest BCUT2D eigenvalue weighted by molar-refractivity contribution is 5.85. The van der Waals surface area contributed by atoms with Crippen LogP contribution < -0.4 is 5.32 Å². The monoisotopic (exact) mass is 329 g/mol. The first-order chi connectivity index (χ1) is 11.2. The highest BCUT2D eigenvalue weighted by atomic mass is 16.4. The van der Waals surface area contributed by atoms with Crippen LogP contribution >= 0.6 is 0 Å². The summed E-state index contributed by atoms with van der Waals surface area (Å²) in [6, 6.07) is 8.41. The van der Waals surface area contributed by atoms with Gasteiger partial charge < -0.3 is 10.4 Å². The van der Waals surface area contributed by atoms with Gasteiger partial charge in [0, 0.05) is 11.7 Å². The van der Waals surface area contributed by atoms with Gasteiger partial charge in [0.05, 0.1) is 11.6 Å². The molecule has 0 aromatic heterocycles. The second-order valence-electron chi connectivity index (χ2n) is 6.42. The predicted octanol–water partition coefficient (Wildman–Crippen LogP) is 2.90. The molecule has 1 aromatic rings. The Balaban J connectivity index is 2.60. The Kier molecular flexibility index (Phi) is 6.54. The number of carbonyl (C=O) groups is 2. The van der Waals surface area contributed by atoms with Crippen molar-refractivity contribution in [1.29, 1.82) is 5.26 Å². The lowest BCUT2D eigenvalue weighted by atomic mass is 10.0. The second-order valence-corrected chi connectivity index (χ2v) is 6.42. The van der Waals surface area contributed by atoms with Crippen LogP contribution in [0.5, 0.6) is 0 Å². The van der Waals surface area contributed by atoms with E-state index in [9.17, 15) is 14.7 Å². The number of rotatable bonds is 5. The molecule has 0 radical (unpaired) electrons. The Morgan fingerprint density at radius 2 is 1.92 bits per heavy atom. The first kappa shape index (κ1) is 19.2. The van der Waals surface area contributed by atoms with E-state index in [1.807, 2.05) is 12.1 Å². The molecular formula is C18H23N3O3. The van der Waals surface area contributed by atoms with E-state index in [1.54, 1.807) is 45.9 Å². The van der Waals surface area contributed by atoms with Crippen molar-refractivity contribution < 1.29 is 14.7 Å². The van der Waals surface area contributed by atoms with Crippen molar-refractivity contribution in [3.8, 4) is 6.07 Å². The van der Waals surface area contributed by atoms with Gasteiger partial charge in [-0.15, -0.1) is 0 Å². The van der Waals surface area contributed by atoms with Gasteiger partial charge >= 0.3 is 6.09 Å². The molecule has 1 atom stereocenters. The lowest BCUT2D eigenvalue weighted by molar-refractivity contribution is -0.125. The summed E-state index contributed by atoms with van der Waals surface area (Å²) < 4.78 is 0. The Bertz CT molecular complexity index is 652. The Hall–Kier alpha value is -2.81. The summed E-state index contributed by atoms with van der Waals surface area (Å²) in [5, 5.41) is 20.6. The summed E-state index contributed by atoms with van der Waals surface area (Å²) in [7, 11) is 0. The fourth-order valence-corrected chi connectivity index (χ4v) is 2.32. The van der Waals surface area contributed by atoms with Crippen LogP contribution in [0.3, 0.4) is 0 Å². The number of benzene rings is 1. The third-order valence-electron chi connectivity index (χ3n) is 3.48. The number of nitrogens with one attached hydrogen (secondary N) is 1. The molecule has 0 bridgehead atoms. The van der Waals surface area contributed by atoms with Gasteiger partial charge in [0.15, 0.2) is 0 Å². The molecule has 0 saturated heterocycles. The van der Waals surface area contributed by atoms with Gasteiger partial charge in [-0.25, -0.2) is 4.79 Å². The maximum Gasteiger partial charge on any atom is 0.408 e. The van der Waals surface area contributed by atoms with Crippen molar-refractivity contribution in [2.75, 3.05) is 0 Å². The molecular weight excluding hydrogens is 306 g/mol. The van der Waals surface area contributed by atoms with Crippen molar-refractivity contribution in [3.63, 3.8) is 0 Å². The molecule has 1 rings (SSSR count). The maximum atomic E-state index is 12.1. The zero-order valence-corrected chi connectivity index (χ0v) is 14.4. The summed E-state index contributed by atoms with van der Waals surface area (Å²) >= 11 is 0. The molecule has 0 aliphatic carbocycles. The maximum absolute atomic E-state index is 12.1. The summed E-state index contributed by atoms with van der Waals surface area (Å²) in [5.41, 5.74) is 0.935. The van der Waals surface area contributed by atoms with Gasteiger partial charge in [-0.1, -0.05) is 18.2 Å². The van der Waals surface area contributed by atoms with Gasteiger partial charge in [0.1, 0.15) is 6.04 Å². The van der Waals surface area contributed by atoms with Crippen molar-refractivity contribution >= 4 is 12.0 Å². The smallest absolute Gasteiger partial charge is 0.408 e. The SMILES string of the molecule is CC(C(=O)N/C=C/Cc1ccc(C#N)cc1)N(C(=O)O)C(C)(C)C. The summed E-state index contributed by atoms with van der Waals surface area (Å²) in [5.74, 6) is -0.386. The van der Waals surface area contributed by atoms with Gasteiger partial charge in [-0.2, -0.15) is 5.26 Å². The normalized spacial score (nSPS) is 12.5. The fraction of sp³-hybridized carbons (Fsp3) is 0.389. The third-order valence-corrected chi connectivity index (χ3v) is 3.48. The van der Waals surface area contributed by atoms with Crippen molar-refractivity contribution in [2.45, 2.75) is 45.7 Å². The van der Waals surface area contributed by atoms with Crippen LogP contribution in [-0.2, 0) is 11.2 Å². The van der Waals surface area contributed by atoms with Crippen molar-refractivity contribution in [3.05, 3.63) is 47.7 Å². The number of nitrogens with zero attached hydrogens (tertiary/aromatic N) is 2. The summed E-state index contributed by atoms with van der Waals surface area (Å²) in [6.07, 6.45) is 2.75. The number of carboxylic acid groups (broad SMARTS) is 1. The van der Waals surface area contributed by atoms with Crippen LogP contribution in [0, 0.1) is 11.3 Å². The average molecular weight is 329 g/mol. The highest BCUT2D eigenvalue weighted by Crippen LogP contribution is 2.17. The van der Waals surface area contributed by atoms with Gasteiger partial charge in [-0.05, 0) is 51.8 Å². The number of hydrogen-bond donors (Lipinski definition) is 2. The molecule has 0 heterocycles. The molecule has 0 spiro atoms. The molecule has 0 saturated carbocycles. The molecule has 2 N–H and O–H groups in total. The minimum atomic E-state index is -1.13. The molecule has 1 aromatic carbocycles. The van der Waals surface area contributed by atoms with Crippen LogP contribution in [0.4, 0.5) is 4.79 Å². The van der Waals surface area contributed by atoms with E-state index in [2.05, 4.69) is 11.4 Å². The summed E-state index contributed by atoms with van der Waals surface area (Å²) in [6.45, 7) is 6.78. The molecule has 0 fully saturated rings. The minimum absolute atomic E-state index is 0.386. The molecule has 6 heteroatoms. The zero-order chi connectivity index (χ0) is 18.3. The quantitative estimate of drug-likeness (QED) is 0.868. The number of carbonyl (C=O) groups excluding carboxylic acids is 1. The van der Waals surface area contributed by atoms with Crippen LogP contribution in [0.2, 0.25) is 0 Å². The van der Waals surface area contributed by atoms with Crippen molar-refractivity contribution in [1.82, 2.24) is 10.2 Å². The molecule has 1 unspecified atom stereocenters.